The Hall–Kier alpha value is -2.81. The third-order valence-electron chi connectivity index (χ3n) is 4.98. The summed E-state index contributed by atoms with van der Waals surface area (Å²) in [6.07, 6.45) is 3.80. The molecule has 0 saturated carbocycles. The van der Waals surface area contributed by atoms with Gasteiger partial charge in [-0.25, -0.2) is 9.37 Å². The number of carbonyl (C=O) groups excluding carboxylic acids is 2. The van der Waals surface area contributed by atoms with Gasteiger partial charge in [0.1, 0.15) is 12.4 Å². The SMILES string of the molecule is NC(=O)C1CCCN(CCCNC(=O)Cn2cnc3ccc(F)cc3c2=O)C1. The second-order valence-electron chi connectivity index (χ2n) is 7.08. The monoisotopic (exact) mass is 389 g/mol. The average molecular weight is 389 g/mol. The van der Waals surface area contributed by atoms with Gasteiger partial charge in [-0.1, -0.05) is 0 Å². The largest absolute Gasteiger partial charge is 0.369 e. The van der Waals surface area contributed by atoms with Crippen molar-refractivity contribution in [3.63, 3.8) is 0 Å². The summed E-state index contributed by atoms with van der Waals surface area (Å²) in [5.41, 5.74) is 5.31. The highest BCUT2D eigenvalue weighted by atomic mass is 19.1. The quantitative estimate of drug-likeness (QED) is 0.659. The fourth-order valence-corrected chi connectivity index (χ4v) is 3.48. The molecule has 0 spiro atoms. The molecule has 2 heterocycles. The third kappa shape index (κ3) is 4.92. The Morgan fingerprint density at radius 1 is 1.36 bits per heavy atom. The number of fused-ring (bicyclic) bond motifs is 1. The lowest BCUT2D eigenvalue weighted by molar-refractivity contribution is -0.123. The van der Waals surface area contributed by atoms with E-state index >= 15 is 0 Å². The summed E-state index contributed by atoms with van der Waals surface area (Å²) >= 11 is 0. The van der Waals surface area contributed by atoms with Crippen LogP contribution in [0.4, 0.5) is 4.39 Å². The lowest BCUT2D eigenvalue weighted by Gasteiger charge is -2.31. The van der Waals surface area contributed by atoms with Crippen LogP contribution in [-0.4, -0.2) is 52.4 Å². The van der Waals surface area contributed by atoms with Crippen molar-refractivity contribution in [2.24, 2.45) is 11.7 Å². The molecule has 8 nitrogen and oxygen atoms in total. The molecule has 2 aromatic rings. The maximum absolute atomic E-state index is 13.4. The standard InChI is InChI=1S/C19H24FN5O3/c20-14-4-5-16-15(9-14)19(28)25(12-23-16)11-17(26)22-6-2-8-24-7-1-3-13(10-24)18(21)27/h4-5,9,12-13H,1-3,6-8,10-11H2,(H2,21,27)(H,22,26). The molecule has 0 bridgehead atoms. The molecule has 9 heteroatoms. The van der Waals surface area contributed by atoms with E-state index in [1.807, 2.05) is 0 Å². The molecule has 1 atom stereocenters. The zero-order valence-electron chi connectivity index (χ0n) is 15.6. The van der Waals surface area contributed by atoms with Gasteiger partial charge in [0, 0.05) is 13.1 Å². The molecule has 1 aliphatic heterocycles. The third-order valence-corrected chi connectivity index (χ3v) is 4.98. The summed E-state index contributed by atoms with van der Waals surface area (Å²) < 4.78 is 14.5. The van der Waals surface area contributed by atoms with Gasteiger partial charge in [-0.2, -0.15) is 0 Å². The summed E-state index contributed by atoms with van der Waals surface area (Å²) in [6, 6.07) is 3.79. The highest BCUT2D eigenvalue weighted by molar-refractivity contribution is 5.79. The van der Waals surface area contributed by atoms with E-state index in [9.17, 15) is 18.8 Å². The number of halogens is 1. The van der Waals surface area contributed by atoms with Crippen LogP contribution in [-0.2, 0) is 16.1 Å². The second-order valence-corrected chi connectivity index (χ2v) is 7.08. The van der Waals surface area contributed by atoms with Crippen LogP contribution in [0.25, 0.3) is 10.9 Å². The number of primary amides is 1. The van der Waals surface area contributed by atoms with Crippen molar-refractivity contribution in [1.82, 2.24) is 19.8 Å². The van der Waals surface area contributed by atoms with Crippen molar-refractivity contribution in [1.29, 1.82) is 0 Å². The van der Waals surface area contributed by atoms with Crippen molar-refractivity contribution in [3.8, 4) is 0 Å². The number of rotatable bonds is 7. The summed E-state index contributed by atoms with van der Waals surface area (Å²) in [5.74, 6) is -1.19. The molecule has 28 heavy (non-hydrogen) atoms. The Balaban J connectivity index is 1.47. The van der Waals surface area contributed by atoms with E-state index in [0.29, 0.717) is 18.6 Å². The van der Waals surface area contributed by atoms with Gasteiger partial charge in [-0.05, 0) is 50.6 Å². The van der Waals surface area contributed by atoms with Gasteiger partial charge in [0.2, 0.25) is 11.8 Å². The molecule has 3 N–H and O–H groups in total. The first-order chi connectivity index (χ1) is 13.4. The molecular formula is C19H24FN5O3. The second kappa shape index (κ2) is 8.92. The molecule has 0 aliphatic carbocycles. The molecule has 0 radical (unpaired) electrons. The van der Waals surface area contributed by atoms with Crippen molar-refractivity contribution < 1.29 is 14.0 Å². The van der Waals surface area contributed by atoms with Crippen LogP contribution < -0.4 is 16.6 Å². The fourth-order valence-electron chi connectivity index (χ4n) is 3.48. The number of nitrogens with one attached hydrogen (secondary N) is 1. The summed E-state index contributed by atoms with van der Waals surface area (Å²) in [4.78, 5) is 42.1. The molecule has 1 aromatic carbocycles. The van der Waals surface area contributed by atoms with Crippen LogP contribution in [0.3, 0.4) is 0 Å². The van der Waals surface area contributed by atoms with E-state index < -0.39 is 11.4 Å². The van der Waals surface area contributed by atoms with Crippen LogP contribution in [0, 0.1) is 11.7 Å². The number of aromatic nitrogens is 2. The lowest BCUT2D eigenvalue weighted by Crippen LogP contribution is -2.42. The number of amides is 2. The molecule has 1 aliphatic rings. The normalized spacial score (nSPS) is 17.5. The van der Waals surface area contributed by atoms with Gasteiger partial charge in [-0.3, -0.25) is 19.0 Å². The number of nitrogens with two attached hydrogens (primary N) is 1. The van der Waals surface area contributed by atoms with E-state index in [-0.39, 0.29) is 29.7 Å². The van der Waals surface area contributed by atoms with Crippen LogP contribution in [0.5, 0.6) is 0 Å². The molecule has 1 unspecified atom stereocenters. The number of hydrogen-bond acceptors (Lipinski definition) is 5. The number of piperidine rings is 1. The van der Waals surface area contributed by atoms with Crippen LogP contribution >= 0.6 is 0 Å². The van der Waals surface area contributed by atoms with Crippen LogP contribution in [0.2, 0.25) is 0 Å². The Morgan fingerprint density at radius 3 is 2.96 bits per heavy atom. The number of hydrogen-bond donors (Lipinski definition) is 2. The zero-order valence-corrected chi connectivity index (χ0v) is 15.6. The van der Waals surface area contributed by atoms with E-state index in [1.165, 1.54) is 23.0 Å². The molecular weight excluding hydrogens is 365 g/mol. The number of carbonyl (C=O) groups is 2. The van der Waals surface area contributed by atoms with Gasteiger partial charge >= 0.3 is 0 Å². The molecule has 3 rings (SSSR count). The van der Waals surface area contributed by atoms with Crippen molar-refractivity contribution in [3.05, 3.63) is 40.7 Å². The van der Waals surface area contributed by atoms with Gasteiger partial charge in [0.25, 0.3) is 5.56 Å². The summed E-state index contributed by atoms with van der Waals surface area (Å²) in [5, 5.41) is 2.92. The van der Waals surface area contributed by atoms with Gasteiger partial charge < -0.3 is 16.0 Å². The Bertz CT molecular complexity index is 929. The predicted octanol–water partition coefficient (Wildman–Crippen LogP) is 0.239. The summed E-state index contributed by atoms with van der Waals surface area (Å²) in [7, 11) is 0. The smallest absolute Gasteiger partial charge is 0.261 e. The first-order valence-corrected chi connectivity index (χ1v) is 9.37. The minimum absolute atomic E-state index is 0.0968. The molecule has 1 fully saturated rings. The first-order valence-electron chi connectivity index (χ1n) is 9.37. The first kappa shape index (κ1) is 19.9. The highest BCUT2D eigenvalue weighted by Crippen LogP contribution is 2.15. The van der Waals surface area contributed by atoms with E-state index in [2.05, 4.69) is 15.2 Å². The Morgan fingerprint density at radius 2 is 2.18 bits per heavy atom. The molecule has 2 amide bonds. The van der Waals surface area contributed by atoms with Gasteiger partial charge in [0.05, 0.1) is 23.1 Å². The summed E-state index contributed by atoms with van der Waals surface area (Å²) in [6.45, 7) is 2.64. The molecule has 1 saturated heterocycles. The highest BCUT2D eigenvalue weighted by Gasteiger charge is 2.23. The Kier molecular flexibility index (Phi) is 6.35. The number of benzene rings is 1. The van der Waals surface area contributed by atoms with Crippen LogP contribution in [0.1, 0.15) is 19.3 Å². The number of nitrogens with zero attached hydrogens (tertiary/aromatic N) is 3. The molecule has 150 valence electrons. The minimum atomic E-state index is -0.523. The lowest BCUT2D eigenvalue weighted by atomic mass is 9.97. The van der Waals surface area contributed by atoms with E-state index in [1.54, 1.807) is 0 Å². The fraction of sp³-hybridized carbons (Fsp3) is 0.474. The van der Waals surface area contributed by atoms with E-state index in [0.717, 1.165) is 38.4 Å². The van der Waals surface area contributed by atoms with Gasteiger partial charge in [-0.15, -0.1) is 0 Å². The van der Waals surface area contributed by atoms with Crippen molar-refractivity contribution >= 4 is 22.7 Å². The molecule has 1 aromatic heterocycles. The maximum atomic E-state index is 13.4. The maximum Gasteiger partial charge on any atom is 0.261 e. The Labute approximate surface area is 161 Å². The predicted molar refractivity (Wildman–Crippen MR) is 102 cm³/mol. The van der Waals surface area contributed by atoms with Crippen molar-refractivity contribution in [2.45, 2.75) is 25.8 Å². The number of likely N-dealkylation sites (tertiary alicyclic amines) is 1. The van der Waals surface area contributed by atoms with Crippen LogP contribution in [0.15, 0.2) is 29.3 Å². The zero-order chi connectivity index (χ0) is 20.1. The van der Waals surface area contributed by atoms with E-state index in [4.69, 9.17) is 5.73 Å². The topological polar surface area (TPSA) is 110 Å². The minimum Gasteiger partial charge on any atom is -0.369 e. The average Bonchev–Trinajstić information content (AvgIpc) is 2.68. The van der Waals surface area contributed by atoms with Crippen molar-refractivity contribution in [2.75, 3.05) is 26.2 Å². The van der Waals surface area contributed by atoms with Gasteiger partial charge in [0.15, 0.2) is 0 Å².